The maximum Gasteiger partial charge on any atom is 0.363 e. The predicted octanol–water partition coefficient (Wildman–Crippen LogP) is 4.20. The lowest BCUT2D eigenvalue weighted by molar-refractivity contribution is -0.129. The minimum Gasteiger partial charge on any atom is -0.493 e. The number of esters is 1. The van der Waals surface area contributed by atoms with Gasteiger partial charge in [-0.3, -0.25) is 0 Å². The first kappa shape index (κ1) is 17.2. The summed E-state index contributed by atoms with van der Waals surface area (Å²) in [4.78, 5) is 16.4. The summed E-state index contributed by atoms with van der Waals surface area (Å²) >= 11 is 3.43. The van der Waals surface area contributed by atoms with Gasteiger partial charge in [0.2, 0.25) is 5.90 Å². The highest BCUT2D eigenvalue weighted by molar-refractivity contribution is 9.10. The van der Waals surface area contributed by atoms with Crippen LogP contribution in [0.15, 0.2) is 57.6 Å². The summed E-state index contributed by atoms with van der Waals surface area (Å²) in [7, 11) is 1.58. The summed E-state index contributed by atoms with van der Waals surface area (Å²) in [6, 6.07) is 12.9. The first-order valence-electron chi connectivity index (χ1n) is 7.70. The van der Waals surface area contributed by atoms with Crippen molar-refractivity contribution < 1.29 is 19.0 Å². The Bertz CT molecular complexity index is 873. The molecule has 0 aromatic heterocycles. The van der Waals surface area contributed by atoms with Crippen molar-refractivity contribution in [3.8, 4) is 11.5 Å². The Morgan fingerprint density at radius 3 is 2.72 bits per heavy atom. The number of rotatable bonds is 5. The molecule has 0 unspecified atom stereocenters. The summed E-state index contributed by atoms with van der Waals surface area (Å²) < 4.78 is 16.9. The quantitative estimate of drug-likeness (QED) is 0.556. The van der Waals surface area contributed by atoms with Crippen LogP contribution in [0.2, 0.25) is 0 Å². The highest BCUT2D eigenvalue weighted by Gasteiger charge is 2.25. The van der Waals surface area contributed by atoms with Gasteiger partial charge in [-0.15, -0.1) is 0 Å². The number of hydrogen-bond acceptors (Lipinski definition) is 5. The molecular formula is C19H16BrNO4. The molecule has 3 rings (SSSR count). The standard InChI is InChI=1S/C19H16BrNO4/c1-3-24-17-11-12(8-9-16(17)23-2)10-15-19(22)25-18(21-15)13-6-4-5-7-14(13)20/h4-11H,3H2,1-2H3. The maximum atomic E-state index is 12.1. The Hall–Kier alpha value is -2.60. The number of hydrogen-bond donors (Lipinski definition) is 0. The molecule has 0 aliphatic carbocycles. The van der Waals surface area contributed by atoms with Crippen LogP contribution in [-0.2, 0) is 9.53 Å². The zero-order valence-electron chi connectivity index (χ0n) is 13.8. The van der Waals surface area contributed by atoms with Crippen LogP contribution in [0.1, 0.15) is 18.1 Å². The fourth-order valence-corrected chi connectivity index (χ4v) is 2.82. The fourth-order valence-electron chi connectivity index (χ4n) is 2.37. The van der Waals surface area contributed by atoms with Gasteiger partial charge in [0.1, 0.15) is 0 Å². The Morgan fingerprint density at radius 1 is 1.20 bits per heavy atom. The third-order valence-electron chi connectivity index (χ3n) is 3.52. The van der Waals surface area contributed by atoms with E-state index < -0.39 is 5.97 Å². The predicted molar refractivity (Wildman–Crippen MR) is 98.9 cm³/mol. The highest BCUT2D eigenvalue weighted by Crippen LogP contribution is 2.30. The van der Waals surface area contributed by atoms with Crippen molar-refractivity contribution in [2.24, 2.45) is 4.99 Å². The van der Waals surface area contributed by atoms with Crippen LogP contribution in [0, 0.1) is 0 Å². The van der Waals surface area contributed by atoms with Crippen LogP contribution in [0.25, 0.3) is 6.08 Å². The van der Waals surface area contributed by atoms with Gasteiger partial charge in [-0.2, -0.15) is 0 Å². The average molecular weight is 402 g/mol. The van der Waals surface area contributed by atoms with Gasteiger partial charge in [0.15, 0.2) is 17.2 Å². The van der Waals surface area contributed by atoms with Crippen molar-refractivity contribution in [3.05, 3.63) is 63.8 Å². The molecule has 0 saturated carbocycles. The molecule has 0 amide bonds. The molecule has 0 radical (unpaired) electrons. The van der Waals surface area contributed by atoms with Crippen LogP contribution in [0.4, 0.5) is 0 Å². The fraction of sp³-hybridized carbons (Fsp3) is 0.158. The van der Waals surface area contributed by atoms with Crippen molar-refractivity contribution in [2.75, 3.05) is 13.7 Å². The molecule has 5 nitrogen and oxygen atoms in total. The smallest absolute Gasteiger partial charge is 0.363 e. The highest BCUT2D eigenvalue weighted by atomic mass is 79.9. The molecule has 1 aliphatic rings. The summed E-state index contributed by atoms with van der Waals surface area (Å²) in [5.74, 6) is 1.04. The zero-order chi connectivity index (χ0) is 17.8. The van der Waals surface area contributed by atoms with Crippen molar-refractivity contribution in [3.63, 3.8) is 0 Å². The summed E-state index contributed by atoms with van der Waals surface area (Å²) in [5.41, 5.74) is 1.73. The molecule has 2 aromatic carbocycles. The molecule has 2 aromatic rings. The largest absolute Gasteiger partial charge is 0.493 e. The van der Waals surface area contributed by atoms with E-state index in [1.54, 1.807) is 25.3 Å². The monoisotopic (exact) mass is 401 g/mol. The number of benzene rings is 2. The average Bonchev–Trinajstić information content (AvgIpc) is 2.96. The molecule has 0 saturated heterocycles. The van der Waals surface area contributed by atoms with Crippen LogP contribution >= 0.6 is 15.9 Å². The third-order valence-corrected chi connectivity index (χ3v) is 4.21. The van der Waals surface area contributed by atoms with E-state index in [0.717, 1.165) is 15.6 Å². The topological polar surface area (TPSA) is 57.1 Å². The second-order valence-electron chi connectivity index (χ2n) is 5.16. The van der Waals surface area contributed by atoms with Crippen LogP contribution < -0.4 is 9.47 Å². The number of nitrogens with zero attached hydrogens (tertiary/aromatic N) is 1. The number of cyclic esters (lactones) is 1. The molecule has 0 atom stereocenters. The van der Waals surface area contributed by atoms with Gasteiger partial charge in [0, 0.05) is 4.47 Å². The van der Waals surface area contributed by atoms with Gasteiger partial charge in [0.05, 0.1) is 19.3 Å². The lowest BCUT2D eigenvalue weighted by atomic mass is 10.1. The molecule has 25 heavy (non-hydrogen) atoms. The lowest BCUT2D eigenvalue weighted by Crippen LogP contribution is -2.05. The number of ether oxygens (including phenoxy) is 3. The van der Waals surface area contributed by atoms with E-state index in [2.05, 4.69) is 20.9 Å². The zero-order valence-corrected chi connectivity index (χ0v) is 15.4. The number of aliphatic imine (C=N–C) groups is 1. The molecule has 6 heteroatoms. The molecule has 0 N–H and O–H groups in total. The molecule has 0 bridgehead atoms. The first-order valence-corrected chi connectivity index (χ1v) is 8.50. The Balaban J connectivity index is 1.94. The normalized spacial score (nSPS) is 15.1. The van der Waals surface area contributed by atoms with Crippen molar-refractivity contribution >= 4 is 33.9 Å². The Morgan fingerprint density at radius 2 is 2.00 bits per heavy atom. The van der Waals surface area contributed by atoms with E-state index in [9.17, 15) is 4.79 Å². The van der Waals surface area contributed by atoms with Crippen LogP contribution in [0.5, 0.6) is 11.5 Å². The summed E-state index contributed by atoms with van der Waals surface area (Å²) in [6.45, 7) is 2.41. The molecular weight excluding hydrogens is 386 g/mol. The van der Waals surface area contributed by atoms with E-state index >= 15 is 0 Å². The summed E-state index contributed by atoms with van der Waals surface area (Å²) in [6.07, 6.45) is 1.66. The van der Waals surface area contributed by atoms with Crippen molar-refractivity contribution in [1.29, 1.82) is 0 Å². The van der Waals surface area contributed by atoms with E-state index in [1.807, 2.05) is 37.3 Å². The van der Waals surface area contributed by atoms with E-state index in [0.29, 0.717) is 18.1 Å². The molecule has 0 spiro atoms. The van der Waals surface area contributed by atoms with Gasteiger partial charge in [0.25, 0.3) is 0 Å². The van der Waals surface area contributed by atoms with Gasteiger partial charge < -0.3 is 14.2 Å². The van der Waals surface area contributed by atoms with E-state index in [-0.39, 0.29) is 11.6 Å². The van der Waals surface area contributed by atoms with Crippen LogP contribution in [0.3, 0.4) is 0 Å². The number of methoxy groups -OCH3 is 1. The lowest BCUT2D eigenvalue weighted by Gasteiger charge is -2.09. The van der Waals surface area contributed by atoms with Crippen LogP contribution in [-0.4, -0.2) is 25.6 Å². The molecule has 0 fully saturated rings. The minimum atomic E-state index is -0.487. The maximum absolute atomic E-state index is 12.1. The first-order chi connectivity index (χ1) is 12.1. The Labute approximate surface area is 154 Å². The molecule has 128 valence electrons. The second-order valence-corrected chi connectivity index (χ2v) is 6.01. The van der Waals surface area contributed by atoms with Crippen molar-refractivity contribution in [1.82, 2.24) is 0 Å². The number of carbonyl (C=O) groups excluding carboxylic acids is 1. The Kier molecular flexibility index (Phi) is 5.19. The number of halogens is 1. The summed E-state index contributed by atoms with van der Waals surface area (Å²) in [5, 5.41) is 0. The van der Waals surface area contributed by atoms with E-state index in [4.69, 9.17) is 14.2 Å². The second kappa shape index (κ2) is 7.53. The molecule has 1 aliphatic heterocycles. The SMILES string of the molecule is CCOc1cc(C=C2N=C(c3ccccc3Br)OC2=O)ccc1OC. The van der Waals surface area contributed by atoms with Crippen molar-refractivity contribution in [2.45, 2.75) is 6.92 Å². The number of carbonyl (C=O) groups is 1. The van der Waals surface area contributed by atoms with Gasteiger partial charge in [-0.05, 0) is 58.8 Å². The molecule has 1 heterocycles. The minimum absolute atomic E-state index is 0.235. The van der Waals surface area contributed by atoms with Gasteiger partial charge >= 0.3 is 5.97 Å². The third kappa shape index (κ3) is 3.74. The van der Waals surface area contributed by atoms with Gasteiger partial charge in [-0.25, -0.2) is 9.79 Å². The van der Waals surface area contributed by atoms with Gasteiger partial charge in [-0.1, -0.05) is 18.2 Å². The van der Waals surface area contributed by atoms with E-state index in [1.165, 1.54) is 0 Å².